The maximum absolute atomic E-state index is 12.5. The lowest BCUT2D eigenvalue weighted by molar-refractivity contribution is -0.137. The van der Waals surface area contributed by atoms with Gasteiger partial charge in [-0.1, -0.05) is 30.7 Å². The van der Waals surface area contributed by atoms with Gasteiger partial charge in [0, 0.05) is 17.8 Å². The monoisotopic (exact) mass is 320 g/mol. The van der Waals surface area contributed by atoms with E-state index in [0.29, 0.717) is 33.3 Å². The van der Waals surface area contributed by atoms with E-state index in [1.165, 1.54) is 6.20 Å². The smallest absolute Gasteiger partial charge is 0.313 e. The van der Waals surface area contributed by atoms with Gasteiger partial charge in [0.25, 0.3) is 0 Å². The third kappa shape index (κ3) is 3.50. The average molecular weight is 321 g/mol. The van der Waals surface area contributed by atoms with Gasteiger partial charge < -0.3 is 5.32 Å². The van der Waals surface area contributed by atoms with Gasteiger partial charge in [-0.05, 0) is 23.7 Å². The standard InChI is InChI=1S/C13H12ClF3N2S/c1-2-18-6-9-4-3-8(5-10(9)14)11-7-19-12(20-11)13(15,16)17/h3-5,7,18H,2,6H2,1H3. The maximum atomic E-state index is 12.5. The van der Waals surface area contributed by atoms with Gasteiger partial charge in [-0.2, -0.15) is 13.2 Å². The Labute approximate surface area is 123 Å². The van der Waals surface area contributed by atoms with Crippen LogP contribution in [-0.2, 0) is 12.7 Å². The minimum absolute atomic E-state index is 0.453. The number of thiazole rings is 1. The second-order valence-electron chi connectivity index (χ2n) is 4.11. The molecule has 1 heterocycles. The van der Waals surface area contributed by atoms with Gasteiger partial charge in [0.15, 0.2) is 5.01 Å². The molecule has 1 aromatic carbocycles. The van der Waals surface area contributed by atoms with Gasteiger partial charge in [0.2, 0.25) is 0 Å². The molecular formula is C13H12ClF3N2S. The van der Waals surface area contributed by atoms with Crippen molar-refractivity contribution >= 4 is 22.9 Å². The molecular weight excluding hydrogens is 309 g/mol. The average Bonchev–Trinajstić information content (AvgIpc) is 2.86. The number of rotatable bonds is 4. The van der Waals surface area contributed by atoms with Crippen LogP contribution in [0.15, 0.2) is 24.4 Å². The summed E-state index contributed by atoms with van der Waals surface area (Å²) < 4.78 is 37.5. The Kier molecular flexibility index (Phi) is 4.67. The number of alkyl halides is 3. The van der Waals surface area contributed by atoms with E-state index in [1.54, 1.807) is 12.1 Å². The lowest BCUT2D eigenvalue weighted by Gasteiger charge is -2.06. The number of benzene rings is 1. The molecule has 0 saturated heterocycles. The van der Waals surface area contributed by atoms with Crippen LogP contribution in [0.4, 0.5) is 13.2 Å². The van der Waals surface area contributed by atoms with Gasteiger partial charge >= 0.3 is 6.18 Å². The first-order valence-corrected chi connectivity index (χ1v) is 7.13. The lowest BCUT2D eigenvalue weighted by Crippen LogP contribution is -2.11. The summed E-state index contributed by atoms with van der Waals surface area (Å²) in [6.45, 7) is 3.44. The van der Waals surface area contributed by atoms with Crippen LogP contribution in [-0.4, -0.2) is 11.5 Å². The molecule has 7 heteroatoms. The van der Waals surface area contributed by atoms with Crippen molar-refractivity contribution in [1.82, 2.24) is 10.3 Å². The molecule has 0 fully saturated rings. The molecule has 2 aromatic rings. The van der Waals surface area contributed by atoms with Crippen molar-refractivity contribution in [3.8, 4) is 10.4 Å². The van der Waals surface area contributed by atoms with E-state index in [0.717, 1.165) is 12.1 Å². The Hall–Kier alpha value is -1.11. The van der Waals surface area contributed by atoms with Gasteiger partial charge in [-0.15, -0.1) is 11.3 Å². The molecule has 0 saturated carbocycles. The number of nitrogens with one attached hydrogen (secondary N) is 1. The van der Waals surface area contributed by atoms with E-state index in [9.17, 15) is 13.2 Å². The Morgan fingerprint density at radius 2 is 2.10 bits per heavy atom. The van der Waals surface area contributed by atoms with Gasteiger partial charge in [0.05, 0.1) is 4.88 Å². The molecule has 0 aliphatic rings. The second kappa shape index (κ2) is 6.11. The Bertz CT molecular complexity index is 596. The first-order chi connectivity index (χ1) is 9.41. The van der Waals surface area contributed by atoms with Crippen LogP contribution in [0.3, 0.4) is 0 Å². The summed E-state index contributed by atoms with van der Waals surface area (Å²) in [6.07, 6.45) is -3.18. The van der Waals surface area contributed by atoms with Crippen LogP contribution in [0, 0.1) is 0 Å². The highest BCUT2D eigenvalue weighted by Crippen LogP contribution is 2.37. The van der Waals surface area contributed by atoms with Crippen LogP contribution in [0.2, 0.25) is 5.02 Å². The fraction of sp³-hybridized carbons (Fsp3) is 0.308. The van der Waals surface area contributed by atoms with Crippen molar-refractivity contribution in [1.29, 1.82) is 0 Å². The van der Waals surface area contributed by atoms with Crippen molar-refractivity contribution in [3.63, 3.8) is 0 Å². The molecule has 0 amide bonds. The van der Waals surface area contributed by atoms with Crippen LogP contribution in [0.5, 0.6) is 0 Å². The van der Waals surface area contributed by atoms with Crippen molar-refractivity contribution < 1.29 is 13.2 Å². The van der Waals surface area contributed by atoms with Crippen molar-refractivity contribution in [3.05, 3.63) is 40.0 Å². The predicted molar refractivity (Wildman–Crippen MR) is 74.9 cm³/mol. The first kappa shape index (κ1) is 15.3. The van der Waals surface area contributed by atoms with Gasteiger partial charge in [0.1, 0.15) is 0 Å². The summed E-state index contributed by atoms with van der Waals surface area (Å²) >= 11 is 6.75. The highest BCUT2D eigenvalue weighted by Gasteiger charge is 2.34. The SMILES string of the molecule is CCNCc1ccc(-c2cnc(C(F)(F)F)s2)cc1Cl. The summed E-state index contributed by atoms with van der Waals surface area (Å²) in [4.78, 5) is 3.86. The quantitative estimate of drug-likeness (QED) is 0.891. The maximum Gasteiger partial charge on any atom is 0.443 e. The number of halogens is 4. The predicted octanol–water partition coefficient (Wildman–Crippen LogP) is 4.59. The summed E-state index contributed by atoms with van der Waals surface area (Å²) in [7, 11) is 0. The highest BCUT2D eigenvalue weighted by molar-refractivity contribution is 7.15. The molecule has 2 nitrogen and oxygen atoms in total. The zero-order valence-corrected chi connectivity index (χ0v) is 12.2. The fourth-order valence-electron chi connectivity index (χ4n) is 1.64. The van der Waals surface area contributed by atoms with Crippen LogP contribution < -0.4 is 5.32 Å². The zero-order chi connectivity index (χ0) is 14.8. The van der Waals surface area contributed by atoms with E-state index < -0.39 is 11.2 Å². The second-order valence-corrected chi connectivity index (χ2v) is 5.55. The number of hydrogen-bond acceptors (Lipinski definition) is 3. The summed E-state index contributed by atoms with van der Waals surface area (Å²) in [6, 6.07) is 5.24. The Morgan fingerprint density at radius 3 is 2.65 bits per heavy atom. The van der Waals surface area contributed by atoms with E-state index in [4.69, 9.17) is 11.6 Å². The summed E-state index contributed by atoms with van der Waals surface area (Å²) in [5, 5.41) is 2.83. The van der Waals surface area contributed by atoms with Crippen LogP contribution in [0.25, 0.3) is 10.4 Å². The highest BCUT2D eigenvalue weighted by atomic mass is 35.5. The van der Waals surface area contributed by atoms with Gasteiger partial charge in [-0.25, -0.2) is 4.98 Å². The van der Waals surface area contributed by atoms with Crippen molar-refractivity contribution in [2.75, 3.05) is 6.54 Å². The molecule has 0 aliphatic carbocycles. The fourth-order valence-corrected chi connectivity index (χ4v) is 2.67. The topological polar surface area (TPSA) is 24.9 Å². The molecule has 108 valence electrons. The minimum atomic E-state index is -4.41. The van der Waals surface area contributed by atoms with Crippen molar-refractivity contribution in [2.45, 2.75) is 19.6 Å². The number of nitrogens with zero attached hydrogens (tertiary/aromatic N) is 1. The molecule has 2 rings (SSSR count). The van der Waals surface area contributed by atoms with E-state index in [-0.39, 0.29) is 0 Å². The first-order valence-electron chi connectivity index (χ1n) is 5.94. The molecule has 1 N–H and O–H groups in total. The summed E-state index contributed by atoms with van der Waals surface area (Å²) in [5.74, 6) is 0. The Morgan fingerprint density at radius 1 is 1.35 bits per heavy atom. The molecule has 1 aromatic heterocycles. The molecule has 0 unspecified atom stereocenters. The van der Waals surface area contributed by atoms with Crippen LogP contribution in [0.1, 0.15) is 17.5 Å². The normalized spacial score (nSPS) is 11.8. The summed E-state index contributed by atoms with van der Waals surface area (Å²) in [5.41, 5.74) is 1.56. The zero-order valence-electron chi connectivity index (χ0n) is 10.6. The molecule has 0 atom stereocenters. The molecule has 0 bridgehead atoms. The number of hydrogen-bond donors (Lipinski definition) is 1. The third-order valence-electron chi connectivity index (χ3n) is 2.65. The van der Waals surface area contributed by atoms with Crippen molar-refractivity contribution in [2.24, 2.45) is 0 Å². The van der Waals surface area contributed by atoms with Crippen LogP contribution >= 0.6 is 22.9 Å². The Balaban J connectivity index is 2.25. The molecule has 0 radical (unpaired) electrons. The molecule has 20 heavy (non-hydrogen) atoms. The third-order valence-corrected chi connectivity index (χ3v) is 4.09. The largest absolute Gasteiger partial charge is 0.443 e. The van der Waals surface area contributed by atoms with E-state index in [2.05, 4.69) is 10.3 Å². The van der Waals surface area contributed by atoms with Gasteiger partial charge in [-0.3, -0.25) is 0 Å². The van der Waals surface area contributed by atoms with E-state index in [1.807, 2.05) is 13.0 Å². The molecule has 0 spiro atoms. The minimum Gasteiger partial charge on any atom is -0.313 e. The van der Waals surface area contributed by atoms with E-state index >= 15 is 0 Å². The molecule has 0 aliphatic heterocycles. The lowest BCUT2D eigenvalue weighted by atomic mass is 10.1. The number of aromatic nitrogens is 1.